The van der Waals surface area contributed by atoms with Crippen LogP contribution < -0.4 is 4.74 Å². The summed E-state index contributed by atoms with van der Waals surface area (Å²) in [6, 6.07) is 8.68. The topological polar surface area (TPSA) is 52.4 Å². The van der Waals surface area contributed by atoms with Crippen molar-refractivity contribution in [2.24, 2.45) is 0 Å². The predicted molar refractivity (Wildman–Crippen MR) is 76.5 cm³/mol. The lowest BCUT2D eigenvalue weighted by molar-refractivity contribution is -0.385. The van der Waals surface area contributed by atoms with Crippen LogP contribution in [0.15, 0.2) is 40.9 Å². The Hall–Kier alpha value is -1.66. The molecule has 4 nitrogen and oxygen atoms in total. The molecule has 0 atom stereocenters. The number of nitro benzene ring substituents is 1. The molecule has 0 saturated heterocycles. The Morgan fingerprint density at radius 2 is 2.10 bits per heavy atom. The van der Waals surface area contributed by atoms with Gasteiger partial charge in [-0.2, -0.15) is 0 Å². The summed E-state index contributed by atoms with van der Waals surface area (Å²) in [7, 11) is 0. The van der Waals surface area contributed by atoms with E-state index in [-0.39, 0.29) is 28.6 Å². The quantitative estimate of drug-likeness (QED) is 0.585. The summed E-state index contributed by atoms with van der Waals surface area (Å²) >= 11 is 9.02. The third-order valence-corrected chi connectivity index (χ3v) is 3.32. The van der Waals surface area contributed by atoms with Crippen LogP contribution in [0.2, 0.25) is 5.02 Å². The lowest BCUT2D eigenvalue weighted by Gasteiger charge is -2.09. The van der Waals surface area contributed by atoms with Gasteiger partial charge in [-0.05, 0) is 18.2 Å². The molecule has 0 spiro atoms. The molecular weight excluding hydrogens is 353 g/mol. The lowest BCUT2D eigenvalue weighted by Crippen LogP contribution is -2.01. The molecule has 104 valence electrons. The zero-order valence-corrected chi connectivity index (χ0v) is 12.3. The van der Waals surface area contributed by atoms with Gasteiger partial charge in [0.2, 0.25) is 5.75 Å². The van der Waals surface area contributed by atoms with Gasteiger partial charge >= 0.3 is 5.69 Å². The van der Waals surface area contributed by atoms with Gasteiger partial charge < -0.3 is 4.74 Å². The molecule has 0 saturated carbocycles. The molecule has 7 heteroatoms. The maximum absolute atomic E-state index is 13.6. The molecule has 0 radical (unpaired) electrons. The number of hydrogen-bond donors (Lipinski definition) is 0. The van der Waals surface area contributed by atoms with Crippen LogP contribution in [0.1, 0.15) is 5.56 Å². The highest BCUT2D eigenvalue weighted by Gasteiger charge is 2.18. The summed E-state index contributed by atoms with van der Waals surface area (Å²) in [4.78, 5) is 10.3. The van der Waals surface area contributed by atoms with Crippen molar-refractivity contribution in [2.75, 3.05) is 0 Å². The molecule has 0 amide bonds. The molecule has 0 aromatic heterocycles. The first-order valence-electron chi connectivity index (χ1n) is 5.48. The number of rotatable bonds is 4. The van der Waals surface area contributed by atoms with E-state index in [1.54, 1.807) is 6.07 Å². The summed E-state index contributed by atoms with van der Waals surface area (Å²) in [5, 5.41) is 11.0. The van der Waals surface area contributed by atoms with E-state index in [1.807, 2.05) is 0 Å². The predicted octanol–water partition coefficient (Wildman–Crippen LogP) is 4.73. The van der Waals surface area contributed by atoms with Crippen LogP contribution in [0.4, 0.5) is 10.1 Å². The van der Waals surface area contributed by atoms with Crippen molar-refractivity contribution in [1.82, 2.24) is 0 Å². The zero-order chi connectivity index (χ0) is 14.7. The second-order valence-electron chi connectivity index (χ2n) is 3.87. The van der Waals surface area contributed by atoms with Crippen molar-refractivity contribution in [1.29, 1.82) is 0 Å². The molecule has 0 aliphatic rings. The van der Waals surface area contributed by atoms with Gasteiger partial charge in [0.1, 0.15) is 12.4 Å². The van der Waals surface area contributed by atoms with Crippen LogP contribution in [0.25, 0.3) is 0 Å². The van der Waals surface area contributed by atoms with Crippen LogP contribution in [0, 0.1) is 15.9 Å². The Bertz CT molecular complexity index is 666. The normalized spacial score (nSPS) is 10.3. The minimum atomic E-state index is -0.598. The van der Waals surface area contributed by atoms with E-state index in [2.05, 4.69) is 15.9 Å². The fraction of sp³-hybridized carbons (Fsp3) is 0.0769. The highest BCUT2D eigenvalue weighted by Crippen LogP contribution is 2.35. The standard InChI is InChI=1S/C13H8BrClFNO3/c14-9-5-4-8(11(16)6-9)7-20-13-10(15)2-1-3-12(13)17(18)19/h1-6H,7H2. The van der Waals surface area contributed by atoms with E-state index >= 15 is 0 Å². The molecule has 0 N–H and O–H groups in total. The average molecular weight is 361 g/mol. The summed E-state index contributed by atoms with van der Waals surface area (Å²) in [5.74, 6) is -0.532. The van der Waals surface area contributed by atoms with E-state index in [1.165, 1.54) is 30.3 Å². The number of ether oxygens (including phenoxy) is 1. The van der Waals surface area contributed by atoms with Crippen LogP contribution in [0.5, 0.6) is 5.75 Å². The maximum Gasteiger partial charge on any atom is 0.312 e. The summed E-state index contributed by atoms with van der Waals surface area (Å²) in [6.45, 7) is -0.149. The van der Waals surface area contributed by atoms with Gasteiger partial charge in [0.15, 0.2) is 0 Å². The number of benzene rings is 2. The monoisotopic (exact) mass is 359 g/mol. The van der Waals surface area contributed by atoms with Crippen LogP contribution in [-0.2, 0) is 6.61 Å². The van der Waals surface area contributed by atoms with Crippen molar-refractivity contribution in [3.63, 3.8) is 0 Å². The number of hydrogen-bond acceptors (Lipinski definition) is 3. The fourth-order valence-electron chi connectivity index (χ4n) is 1.57. The Morgan fingerprint density at radius 3 is 2.75 bits per heavy atom. The fourth-order valence-corrected chi connectivity index (χ4v) is 2.13. The van der Waals surface area contributed by atoms with Crippen LogP contribution in [-0.4, -0.2) is 4.92 Å². The van der Waals surface area contributed by atoms with Crippen molar-refractivity contribution >= 4 is 33.2 Å². The second kappa shape index (κ2) is 6.19. The maximum atomic E-state index is 13.6. The minimum absolute atomic E-state index is 0.0681. The van der Waals surface area contributed by atoms with Crippen molar-refractivity contribution in [3.8, 4) is 5.75 Å². The van der Waals surface area contributed by atoms with Crippen LogP contribution in [0.3, 0.4) is 0 Å². The number of halogens is 3. The van der Waals surface area contributed by atoms with Gasteiger partial charge in [-0.1, -0.05) is 39.7 Å². The zero-order valence-electron chi connectivity index (χ0n) is 9.98. The van der Waals surface area contributed by atoms with E-state index in [0.29, 0.717) is 4.47 Å². The number of nitrogens with zero attached hydrogens (tertiary/aromatic N) is 1. The number of nitro groups is 1. The summed E-state index contributed by atoms with van der Waals surface area (Å²) < 4.78 is 19.5. The number of para-hydroxylation sites is 1. The average Bonchev–Trinajstić information content (AvgIpc) is 2.38. The smallest absolute Gasteiger partial charge is 0.312 e. The molecule has 0 fully saturated rings. The van der Waals surface area contributed by atoms with Gasteiger partial charge in [-0.25, -0.2) is 4.39 Å². The molecule has 2 aromatic rings. The molecular formula is C13H8BrClFNO3. The second-order valence-corrected chi connectivity index (χ2v) is 5.19. The van der Waals surface area contributed by atoms with Gasteiger partial charge in [0.05, 0.1) is 9.95 Å². The van der Waals surface area contributed by atoms with E-state index in [4.69, 9.17) is 16.3 Å². The van der Waals surface area contributed by atoms with Crippen molar-refractivity contribution in [2.45, 2.75) is 6.61 Å². The molecule has 2 rings (SSSR count). The first-order chi connectivity index (χ1) is 9.49. The van der Waals surface area contributed by atoms with E-state index in [0.717, 1.165) is 0 Å². The van der Waals surface area contributed by atoms with Gasteiger partial charge in [0, 0.05) is 16.1 Å². The van der Waals surface area contributed by atoms with Crippen molar-refractivity contribution < 1.29 is 14.1 Å². The largest absolute Gasteiger partial charge is 0.481 e. The van der Waals surface area contributed by atoms with Crippen molar-refractivity contribution in [3.05, 3.63) is 67.4 Å². The van der Waals surface area contributed by atoms with Gasteiger partial charge in [-0.3, -0.25) is 10.1 Å². The molecule has 0 heterocycles. The molecule has 0 bridgehead atoms. The van der Waals surface area contributed by atoms with E-state index in [9.17, 15) is 14.5 Å². The molecule has 0 aliphatic carbocycles. The summed E-state index contributed by atoms with van der Waals surface area (Å²) in [6.07, 6.45) is 0. The summed E-state index contributed by atoms with van der Waals surface area (Å²) in [5.41, 5.74) is 0.0254. The molecule has 20 heavy (non-hydrogen) atoms. The van der Waals surface area contributed by atoms with Gasteiger partial charge in [0.25, 0.3) is 0 Å². The van der Waals surface area contributed by atoms with Gasteiger partial charge in [-0.15, -0.1) is 0 Å². The Kier molecular flexibility index (Phi) is 4.57. The first kappa shape index (κ1) is 14.7. The SMILES string of the molecule is O=[N+]([O-])c1cccc(Cl)c1OCc1ccc(Br)cc1F. The van der Waals surface area contributed by atoms with Crippen LogP contribution >= 0.6 is 27.5 Å². The Morgan fingerprint density at radius 1 is 1.35 bits per heavy atom. The Labute approximate surface area is 127 Å². The van der Waals surface area contributed by atoms with E-state index < -0.39 is 10.7 Å². The lowest BCUT2D eigenvalue weighted by atomic mass is 10.2. The Balaban J connectivity index is 2.25. The highest BCUT2D eigenvalue weighted by atomic mass is 79.9. The molecule has 2 aromatic carbocycles. The third kappa shape index (κ3) is 3.26. The highest BCUT2D eigenvalue weighted by molar-refractivity contribution is 9.10. The molecule has 0 unspecified atom stereocenters. The minimum Gasteiger partial charge on any atom is -0.481 e. The third-order valence-electron chi connectivity index (χ3n) is 2.53. The molecule has 0 aliphatic heterocycles. The first-order valence-corrected chi connectivity index (χ1v) is 6.66.